The molecule has 1 fully saturated rings. The minimum absolute atomic E-state index is 0.279. The standard InChI is InChI=1S/C30H31NO5S2/c1-34-24-11-7-12-25(35-2)26(24)22-15-13-20(14-16-22)19-23(29(33)36-3)31-28(32)27(21-9-5-4-6-10-21)30-37-17-8-18-38-30/h4-7,9-16,23H,8,17-19H2,1-3H3,(H,31,32)/t23-/m0/s1. The number of carbonyl (C=O) groups excluding carboxylic acids is 2. The first kappa shape index (κ1) is 27.7. The summed E-state index contributed by atoms with van der Waals surface area (Å²) in [7, 11) is 4.58. The summed E-state index contributed by atoms with van der Waals surface area (Å²) < 4.78 is 17.1. The molecular weight excluding hydrogens is 518 g/mol. The number of ether oxygens (including phenoxy) is 3. The molecule has 0 aliphatic carbocycles. The summed E-state index contributed by atoms with van der Waals surface area (Å²) in [6.07, 6.45) is 1.39. The number of carbonyl (C=O) groups is 2. The van der Waals surface area contributed by atoms with E-state index >= 15 is 0 Å². The van der Waals surface area contributed by atoms with E-state index in [0.29, 0.717) is 23.5 Å². The van der Waals surface area contributed by atoms with E-state index < -0.39 is 12.0 Å². The van der Waals surface area contributed by atoms with Gasteiger partial charge in [-0.05, 0) is 46.7 Å². The van der Waals surface area contributed by atoms with Gasteiger partial charge in [0.1, 0.15) is 17.5 Å². The predicted octanol–water partition coefficient (Wildman–Crippen LogP) is 5.81. The second-order valence-electron chi connectivity index (χ2n) is 8.57. The molecule has 6 nitrogen and oxygen atoms in total. The van der Waals surface area contributed by atoms with E-state index in [9.17, 15) is 9.59 Å². The van der Waals surface area contributed by atoms with Crippen LogP contribution in [0, 0.1) is 0 Å². The van der Waals surface area contributed by atoms with Crippen molar-refractivity contribution in [2.45, 2.75) is 18.9 Å². The monoisotopic (exact) mass is 549 g/mol. The highest BCUT2D eigenvalue weighted by atomic mass is 32.2. The molecule has 38 heavy (non-hydrogen) atoms. The van der Waals surface area contributed by atoms with Gasteiger partial charge in [0.15, 0.2) is 0 Å². The molecule has 0 aromatic heterocycles. The molecule has 0 radical (unpaired) electrons. The molecule has 4 rings (SSSR count). The fourth-order valence-corrected chi connectivity index (χ4v) is 6.94. The second kappa shape index (κ2) is 13.4. The molecule has 1 N–H and O–H groups in total. The van der Waals surface area contributed by atoms with Gasteiger partial charge in [-0.3, -0.25) is 4.79 Å². The van der Waals surface area contributed by atoms with E-state index in [4.69, 9.17) is 14.2 Å². The van der Waals surface area contributed by atoms with Crippen LogP contribution in [0.25, 0.3) is 16.7 Å². The first-order chi connectivity index (χ1) is 18.5. The summed E-state index contributed by atoms with van der Waals surface area (Å²) in [5.41, 5.74) is 4.09. The minimum Gasteiger partial charge on any atom is -0.496 e. The van der Waals surface area contributed by atoms with E-state index in [1.807, 2.05) is 72.8 Å². The topological polar surface area (TPSA) is 73.9 Å². The molecule has 0 spiro atoms. The van der Waals surface area contributed by atoms with Gasteiger partial charge in [-0.2, -0.15) is 0 Å². The van der Waals surface area contributed by atoms with Crippen LogP contribution in [0.2, 0.25) is 0 Å². The highest BCUT2D eigenvalue weighted by molar-refractivity contribution is 8.23. The Labute approximate surface area is 232 Å². The quantitative estimate of drug-likeness (QED) is 0.267. The van der Waals surface area contributed by atoms with Crippen molar-refractivity contribution in [2.24, 2.45) is 0 Å². The third kappa shape index (κ3) is 6.55. The van der Waals surface area contributed by atoms with Crippen LogP contribution in [-0.4, -0.2) is 50.8 Å². The van der Waals surface area contributed by atoms with Gasteiger partial charge < -0.3 is 19.5 Å². The zero-order chi connectivity index (χ0) is 26.9. The number of rotatable bonds is 9. The Balaban J connectivity index is 1.58. The molecule has 1 heterocycles. The van der Waals surface area contributed by atoms with Gasteiger partial charge in [-0.1, -0.05) is 60.7 Å². The van der Waals surface area contributed by atoms with Crippen LogP contribution in [0.4, 0.5) is 0 Å². The number of amides is 1. The van der Waals surface area contributed by atoms with Gasteiger partial charge in [-0.25, -0.2) is 4.79 Å². The molecule has 0 bridgehead atoms. The van der Waals surface area contributed by atoms with Crippen LogP contribution in [0.5, 0.6) is 11.5 Å². The summed E-state index contributed by atoms with van der Waals surface area (Å²) in [6, 6.07) is 22.2. The molecule has 0 saturated carbocycles. The summed E-state index contributed by atoms with van der Waals surface area (Å²) >= 11 is 3.38. The van der Waals surface area contributed by atoms with Crippen LogP contribution in [0.1, 0.15) is 17.5 Å². The molecule has 1 amide bonds. The average molecular weight is 550 g/mol. The number of esters is 1. The zero-order valence-corrected chi connectivity index (χ0v) is 23.3. The average Bonchev–Trinajstić information content (AvgIpc) is 2.97. The lowest BCUT2D eigenvalue weighted by atomic mass is 9.99. The van der Waals surface area contributed by atoms with Crippen LogP contribution in [-0.2, 0) is 20.7 Å². The van der Waals surface area contributed by atoms with Crippen molar-refractivity contribution in [3.05, 3.63) is 88.2 Å². The molecule has 1 aliphatic rings. The lowest BCUT2D eigenvalue weighted by Gasteiger charge is -2.21. The first-order valence-corrected chi connectivity index (χ1v) is 14.3. The molecule has 1 aliphatic heterocycles. The fraction of sp³-hybridized carbons (Fsp3) is 0.267. The smallest absolute Gasteiger partial charge is 0.328 e. The number of thioether (sulfide) groups is 2. The van der Waals surface area contributed by atoms with Crippen molar-refractivity contribution in [3.63, 3.8) is 0 Å². The SMILES string of the molecule is COC(=O)[C@H](Cc1ccc(-c2c(OC)cccc2OC)cc1)NC(=O)C(=C1SCCCS1)c1ccccc1. The van der Waals surface area contributed by atoms with Crippen molar-refractivity contribution >= 4 is 41.0 Å². The van der Waals surface area contributed by atoms with Gasteiger partial charge in [0, 0.05) is 6.42 Å². The maximum atomic E-state index is 13.6. The van der Waals surface area contributed by atoms with Gasteiger partial charge in [0.25, 0.3) is 5.91 Å². The number of benzene rings is 3. The normalized spacial score (nSPS) is 13.8. The first-order valence-electron chi connectivity index (χ1n) is 12.3. The highest BCUT2D eigenvalue weighted by Crippen LogP contribution is 2.41. The second-order valence-corrected chi connectivity index (χ2v) is 11.0. The lowest BCUT2D eigenvalue weighted by Crippen LogP contribution is -2.43. The van der Waals surface area contributed by atoms with Gasteiger partial charge in [0.05, 0.1) is 36.7 Å². The lowest BCUT2D eigenvalue weighted by molar-refractivity contribution is -0.144. The van der Waals surface area contributed by atoms with Crippen LogP contribution >= 0.6 is 23.5 Å². The Morgan fingerprint density at radius 1 is 0.842 bits per heavy atom. The van der Waals surface area contributed by atoms with Crippen molar-refractivity contribution in [1.29, 1.82) is 0 Å². The Morgan fingerprint density at radius 3 is 2.05 bits per heavy atom. The van der Waals surface area contributed by atoms with Gasteiger partial charge >= 0.3 is 5.97 Å². The molecule has 1 saturated heterocycles. The Morgan fingerprint density at radius 2 is 1.47 bits per heavy atom. The molecule has 1 atom stereocenters. The number of methoxy groups -OCH3 is 3. The third-order valence-electron chi connectivity index (χ3n) is 6.15. The molecule has 0 unspecified atom stereocenters. The maximum Gasteiger partial charge on any atom is 0.328 e. The van der Waals surface area contributed by atoms with E-state index in [1.165, 1.54) is 7.11 Å². The van der Waals surface area contributed by atoms with E-state index in [1.54, 1.807) is 37.7 Å². The Hall–Kier alpha value is -3.36. The van der Waals surface area contributed by atoms with Gasteiger partial charge in [-0.15, -0.1) is 23.5 Å². The third-order valence-corrected chi connectivity index (χ3v) is 8.78. The molecule has 8 heteroatoms. The van der Waals surface area contributed by atoms with E-state index in [2.05, 4.69) is 5.32 Å². The predicted molar refractivity (Wildman–Crippen MR) is 156 cm³/mol. The highest BCUT2D eigenvalue weighted by Gasteiger charge is 2.27. The Bertz CT molecular complexity index is 1260. The van der Waals surface area contributed by atoms with Crippen molar-refractivity contribution in [1.82, 2.24) is 5.32 Å². The largest absolute Gasteiger partial charge is 0.496 e. The van der Waals surface area contributed by atoms with Crippen LogP contribution in [0.3, 0.4) is 0 Å². The van der Waals surface area contributed by atoms with Crippen LogP contribution in [0.15, 0.2) is 77.0 Å². The van der Waals surface area contributed by atoms with Crippen molar-refractivity contribution < 1.29 is 23.8 Å². The minimum atomic E-state index is -0.836. The molecular formula is C30H31NO5S2. The summed E-state index contributed by atoms with van der Waals surface area (Å²) in [5.74, 6) is 2.58. The maximum absolute atomic E-state index is 13.6. The Kier molecular flexibility index (Phi) is 9.79. The number of nitrogens with one attached hydrogen (secondary N) is 1. The molecule has 3 aromatic carbocycles. The summed E-state index contributed by atoms with van der Waals surface area (Å²) in [6.45, 7) is 0. The van der Waals surface area contributed by atoms with E-state index in [0.717, 1.165) is 44.4 Å². The molecule has 198 valence electrons. The van der Waals surface area contributed by atoms with E-state index in [-0.39, 0.29) is 5.91 Å². The summed E-state index contributed by atoms with van der Waals surface area (Å²) in [4.78, 5) is 26.4. The number of hydrogen-bond acceptors (Lipinski definition) is 7. The fourth-order valence-electron chi connectivity index (χ4n) is 4.27. The van der Waals surface area contributed by atoms with Crippen molar-refractivity contribution in [3.8, 4) is 22.6 Å². The zero-order valence-electron chi connectivity index (χ0n) is 21.7. The van der Waals surface area contributed by atoms with Crippen LogP contribution < -0.4 is 14.8 Å². The van der Waals surface area contributed by atoms with Gasteiger partial charge in [0.2, 0.25) is 0 Å². The summed E-state index contributed by atoms with van der Waals surface area (Å²) in [5, 5.41) is 2.96. The van der Waals surface area contributed by atoms with Crippen molar-refractivity contribution in [2.75, 3.05) is 32.8 Å². The molecule has 3 aromatic rings. The number of hydrogen-bond donors (Lipinski definition) is 1.